The summed E-state index contributed by atoms with van der Waals surface area (Å²) in [5.41, 5.74) is 3.51. The lowest BCUT2D eigenvalue weighted by atomic mass is 10.0. The summed E-state index contributed by atoms with van der Waals surface area (Å²) in [6, 6.07) is 14.7. The highest BCUT2D eigenvalue weighted by atomic mass is 19.1. The van der Waals surface area contributed by atoms with Gasteiger partial charge in [0, 0.05) is 0 Å². The van der Waals surface area contributed by atoms with Crippen LogP contribution in [-0.2, 0) is 0 Å². The van der Waals surface area contributed by atoms with Crippen molar-refractivity contribution < 1.29 is 9.50 Å². The first-order valence-corrected chi connectivity index (χ1v) is 6.24. The molecule has 0 radical (unpaired) electrons. The van der Waals surface area contributed by atoms with Crippen molar-refractivity contribution in [2.45, 2.75) is 20.0 Å². The van der Waals surface area contributed by atoms with Crippen LogP contribution in [0.2, 0.25) is 0 Å². The SMILES string of the molecule is Cc1ccc(/C=C(\F)C(O)c2ccc(C)cc2)cc1. The van der Waals surface area contributed by atoms with Crippen LogP contribution in [0.3, 0.4) is 0 Å². The minimum atomic E-state index is -1.21. The van der Waals surface area contributed by atoms with E-state index in [0.717, 1.165) is 16.7 Å². The first-order chi connectivity index (χ1) is 9.06. The number of halogens is 1. The molecular formula is C17H17FO. The Balaban J connectivity index is 2.20. The van der Waals surface area contributed by atoms with Crippen molar-refractivity contribution in [2.75, 3.05) is 0 Å². The molecule has 98 valence electrons. The van der Waals surface area contributed by atoms with Crippen LogP contribution in [0.4, 0.5) is 4.39 Å². The van der Waals surface area contributed by atoms with Gasteiger partial charge >= 0.3 is 0 Å². The van der Waals surface area contributed by atoms with E-state index in [1.165, 1.54) is 6.08 Å². The van der Waals surface area contributed by atoms with Crippen molar-refractivity contribution in [3.8, 4) is 0 Å². The molecule has 0 aromatic heterocycles. The lowest BCUT2D eigenvalue weighted by Crippen LogP contribution is -1.97. The number of aliphatic hydroxyl groups excluding tert-OH is 1. The van der Waals surface area contributed by atoms with Gasteiger partial charge in [0.05, 0.1) is 0 Å². The second kappa shape index (κ2) is 5.81. The quantitative estimate of drug-likeness (QED) is 0.865. The molecule has 2 aromatic carbocycles. The van der Waals surface area contributed by atoms with E-state index in [9.17, 15) is 9.50 Å². The summed E-state index contributed by atoms with van der Waals surface area (Å²) in [7, 11) is 0. The van der Waals surface area contributed by atoms with E-state index in [4.69, 9.17) is 0 Å². The molecule has 1 atom stereocenters. The van der Waals surface area contributed by atoms with Gasteiger partial charge in [0.1, 0.15) is 11.9 Å². The van der Waals surface area contributed by atoms with Crippen LogP contribution in [0, 0.1) is 13.8 Å². The third-order valence-corrected chi connectivity index (χ3v) is 3.04. The summed E-state index contributed by atoms with van der Waals surface area (Å²) in [6.07, 6.45) is 0.158. The molecule has 1 nitrogen and oxygen atoms in total. The van der Waals surface area contributed by atoms with Crippen molar-refractivity contribution in [3.63, 3.8) is 0 Å². The summed E-state index contributed by atoms with van der Waals surface area (Å²) in [5.74, 6) is -0.548. The summed E-state index contributed by atoms with van der Waals surface area (Å²) in [5, 5.41) is 9.95. The molecule has 0 aliphatic rings. The second-order valence-electron chi connectivity index (χ2n) is 4.75. The molecule has 0 heterocycles. The Labute approximate surface area is 113 Å². The van der Waals surface area contributed by atoms with E-state index in [1.807, 2.05) is 50.2 Å². The van der Waals surface area contributed by atoms with Crippen LogP contribution in [0.5, 0.6) is 0 Å². The topological polar surface area (TPSA) is 20.2 Å². The minimum Gasteiger partial charge on any atom is -0.381 e. The van der Waals surface area contributed by atoms with Crippen molar-refractivity contribution in [2.24, 2.45) is 0 Å². The summed E-state index contributed by atoms with van der Waals surface area (Å²) in [6.45, 7) is 3.93. The van der Waals surface area contributed by atoms with Gasteiger partial charge in [-0.15, -0.1) is 0 Å². The van der Waals surface area contributed by atoms with Gasteiger partial charge in [0.2, 0.25) is 0 Å². The molecule has 2 heteroatoms. The molecule has 0 fully saturated rings. The maximum atomic E-state index is 14.0. The summed E-state index contributed by atoms with van der Waals surface area (Å²) < 4.78 is 14.0. The molecule has 0 saturated carbocycles. The summed E-state index contributed by atoms with van der Waals surface area (Å²) in [4.78, 5) is 0. The van der Waals surface area contributed by atoms with E-state index < -0.39 is 11.9 Å². The zero-order valence-corrected chi connectivity index (χ0v) is 11.1. The average Bonchev–Trinajstić information content (AvgIpc) is 2.41. The fraction of sp³-hybridized carbons (Fsp3) is 0.176. The highest BCUT2D eigenvalue weighted by molar-refractivity contribution is 5.53. The van der Waals surface area contributed by atoms with Crippen molar-refractivity contribution in [3.05, 3.63) is 76.6 Å². The average molecular weight is 256 g/mol. The normalized spacial score (nSPS) is 13.4. The molecule has 0 spiro atoms. The van der Waals surface area contributed by atoms with Gasteiger partial charge in [0.25, 0.3) is 0 Å². The van der Waals surface area contributed by atoms with Gasteiger partial charge in [-0.1, -0.05) is 59.7 Å². The van der Waals surface area contributed by atoms with Gasteiger partial charge in [0.15, 0.2) is 0 Å². The van der Waals surface area contributed by atoms with Gasteiger partial charge < -0.3 is 5.11 Å². The van der Waals surface area contributed by atoms with Crippen molar-refractivity contribution in [1.82, 2.24) is 0 Å². The van der Waals surface area contributed by atoms with Crippen LogP contribution < -0.4 is 0 Å². The Morgan fingerprint density at radius 3 is 1.95 bits per heavy atom. The number of rotatable bonds is 3. The minimum absolute atomic E-state index is 0.548. The Morgan fingerprint density at radius 2 is 1.42 bits per heavy atom. The summed E-state index contributed by atoms with van der Waals surface area (Å²) >= 11 is 0. The van der Waals surface area contributed by atoms with Gasteiger partial charge in [-0.2, -0.15) is 0 Å². The molecule has 0 aliphatic carbocycles. The Morgan fingerprint density at radius 1 is 0.947 bits per heavy atom. The monoisotopic (exact) mass is 256 g/mol. The zero-order valence-electron chi connectivity index (χ0n) is 11.1. The standard InChI is InChI=1S/C17H17FO/c1-12-3-7-14(8-4-12)11-16(18)17(19)15-9-5-13(2)6-10-15/h3-11,17,19H,1-2H3/b16-11-. The second-order valence-corrected chi connectivity index (χ2v) is 4.75. The predicted octanol–water partition coefficient (Wildman–Crippen LogP) is 4.35. The molecular weight excluding hydrogens is 239 g/mol. The first kappa shape index (κ1) is 13.5. The van der Waals surface area contributed by atoms with Crippen LogP contribution in [0.1, 0.15) is 28.4 Å². The Kier molecular flexibility index (Phi) is 4.13. The molecule has 0 aliphatic heterocycles. The van der Waals surface area contributed by atoms with Gasteiger partial charge in [-0.25, -0.2) is 4.39 Å². The molecule has 1 unspecified atom stereocenters. The lowest BCUT2D eigenvalue weighted by Gasteiger charge is -2.09. The van der Waals surface area contributed by atoms with Crippen molar-refractivity contribution >= 4 is 6.08 Å². The van der Waals surface area contributed by atoms with Crippen LogP contribution in [0.15, 0.2) is 54.4 Å². The van der Waals surface area contributed by atoms with Crippen LogP contribution >= 0.6 is 0 Å². The molecule has 2 rings (SSSR count). The van der Waals surface area contributed by atoms with Crippen LogP contribution in [0.25, 0.3) is 6.08 Å². The fourth-order valence-corrected chi connectivity index (χ4v) is 1.81. The number of hydrogen-bond donors (Lipinski definition) is 1. The number of aliphatic hydroxyl groups is 1. The van der Waals surface area contributed by atoms with E-state index >= 15 is 0 Å². The zero-order chi connectivity index (χ0) is 13.8. The van der Waals surface area contributed by atoms with Crippen LogP contribution in [-0.4, -0.2) is 5.11 Å². The fourth-order valence-electron chi connectivity index (χ4n) is 1.81. The van der Waals surface area contributed by atoms with E-state index in [-0.39, 0.29) is 0 Å². The Bertz CT molecular complexity index is 567. The predicted molar refractivity (Wildman–Crippen MR) is 76.4 cm³/mol. The lowest BCUT2D eigenvalue weighted by molar-refractivity contribution is 0.188. The number of aryl methyl sites for hydroxylation is 2. The Hall–Kier alpha value is -1.93. The first-order valence-electron chi connectivity index (χ1n) is 6.24. The third kappa shape index (κ3) is 3.52. The molecule has 0 saturated heterocycles. The number of hydrogen-bond acceptors (Lipinski definition) is 1. The van der Waals surface area contributed by atoms with E-state index in [0.29, 0.717) is 5.56 Å². The smallest absolute Gasteiger partial charge is 0.134 e. The maximum Gasteiger partial charge on any atom is 0.134 e. The highest BCUT2D eigenvalue weighted by Crippen LogP contribution is 2.24. The highest BCUT2D eigenvalue weighted by Gasteiger charge is 2.12. The van der Waals surface area contributed by atoms with E-state index in [2.05, 4.69) is 0 Å². The van der Waals surface area contributed by atoms with Gasteiger partial charge in [-0.3, -0.25) is 0 Å². The van der Waals surface area contributed by atoms with Crippen molar-refractivity contribution in [1.29, 1.82) is 0 Å². The number of benzene rings is 2. The largest absolute Gasteiger partial charge is 0.381 e. The van der Waals surface area contributed by atoms with E-state index in [1.54, 1.807) is 12.1 Å². The molecule has 0 amide bonds. The van der Waals surface area contributed by atoms with Gasteiger partial charge in [-0.05, 0) is 31.1 Å². The maximum absolute atomic E-state index is 14.0. The molecule has 2 aromatic rings. The molecule has 19 heavy (non-hydrogen) atoms. The third-order valence-electron chi connectivity index (χ3n) is 3.04. The molecule has 0 bridgehead atoms. The molecule has 1 N–H and O–H groups in total.